The van der Waals surface area contributed by atoms with Gasteiger partial charge in [-0.25, -0.2) is 0 Å². The lowest BCUT2D eigenvalue weighted by Gasteiger charge is -2.56. The predicted molar refractivity (Wildman–Crippen MR) is 110 cm³/mol. The number of likely N-dealkylation sites (tertiary alicyclic amines) is 1. The third-order valence-corrected chi connectivity index (χ3v) is 9.01. The molecule has 1 atom stereocenters. The summed E-state index contributed by atoms with van der Waals surface area (Å²) in [6.07, 6.45) is 16.6. The van der Waals surface area contributed by atoms with E-state index in [2.05, 4.69) is 0 Å². The highest BCUT2D eigenvalue weighted by Crippen LogP contribution is 2.60. The Morgan fingerprint density at radius 2 is 1.39 bits per heavy atom. The van der Waals surface area contributed by atoms with E-state index in [1.54, 1.807) is 0 Å². The minimum absolute atomic E-state index is 0.113. The SMILES string of the molecule is CN(C(=O)C1CCCN1C(=O)C12CC3CC(CC(C3)C1)C2)C1CCCCCC1. The smallest absolute Gasteiger partial charge is 0.245 e. The second-order valence-corrected chi connectivity index (χ2v) is 10.9. The van der Waals surface area contributed by atoms with Crippen LogP contribution < -0.4 is 0 Å². The van der Waals surface area contributed by atoms with Crippen molar-refractivity contribution in [3.05, 3.63) is 0 Å². The van der Waals surface area contributed by atoms with E-state index >= 15 is 0 Å². The van der Waals surface area contributed by atoms with Crippen molar-refractivity contribution in [2.75, 3.05) is 13.6 Å². The second-order valence-electron chi connectivity index (χ2n) is 10.9. The average molecular weight is 387 g/mol. The zero-order valence-electron chi connectivity index (χ0n) is 17.7. The van der Waals surface area contributed by atoms with Gasteiger partial charge in [-0.1, -0.05) is 25.7 Å². The fraction of sp³-hybridized carbons (Fsp3) is 0.917. The first-order chi connectivity index (χ1) is 13.6. The minimum Gasteiger partial charge on any atom is -0.341 e. The summed E-state index contributed by atoms with van der Waals surface area (Å²) in [5.41, 5.74) is -0.113. The molecule has 0 spiro atoms. The maximum atomic E-state index is 13.8. The predicted octanol–water partition coefficient (Wildman–Crippen LogP) is 4.38. The molecule has 0 N–H and O–H groups in total. The maximum absolute atomic E-state index is 13.8. The van der Waals surface area contributed by atoms with Gasteiger partial charge < -0.3 is 9.80 Å². The van der Waals surface area contributed by atoms with E-state index in [9.17, 15) is 9.59 Å². The van der Waals surface area contributed by atoms with Crippen LogP contribution in [0.15, 0.2) is 0 Å². The van der Waals surface area contributed by atoms with E-state index in [-0.39, 0.29) is 17.4 Å². The Morgan fingerprint density at radius 1 is 0.821 bits per heavy atom. The Labute approximate surface area is 170 Å². The van der Waals surface area contributed by atoms with Crippen LogP contribution in [0, 0.1) is 23.2 Å². The summed E-state index contributed by atoms with van der Waals surface area (Å²) in [6.45, 7) is 0.801. The highest BCUT2D eigenvalue weighted by atomic mass is 16.2. The van der Waals surface area contributed by atoms with Crippen molar-refractivity contribution in [3.8, 4) is 0 Å². The maximum Gasteiger partial charge on any atom is 0.245 e. The van der Waals surface area contributed by atoms with Crippen molar-refractivity contribution in [3.63, 3.8) is 0 Å². The van der Waals surface area contributed by atoms with Crippen LogP contribution >= 0.6 is 0 Å². The molecule has 1 saturated heterocycles. The van der Waals surface area contributed by atoms with Crippen molar-refractivity contribution < 1.29 is 9.59 Å². The zero-order chi connectivity index (χ0) is 19.3. The lowest BCUT2D eigenvalue weighted by atomic mass is 9.49. The third-order valence-electron chi connectivity index (χ3n) is 9.01. The number of hydrogen-bond acceptors (Lipinski definition) is 2. The molecule has 5 aliphatic carbocycles. The molecule has 2 amide bonds. The van der Waals surface area contributed by atoms with Gasteiger partial charge in [0.25, 0.3) is 0 Å². The van der Waals surface area contributed by atoms with E-state index < -0.39 is 0 Å². The molecule has 1 unspecified atom stereocenters. The molecule has 4 bridgehead atoms. The summed E-state index contributed by atoms with van der Waals surface area (Å²) in [7, 11) is 2.00. The molecule has 6 rings (SSSR count). The van der Waals surface area contributed by atoms with Crippen LogP contribution in [0.4, 0.5) is 0 Å². The molecule has 0 radical (unpaired) electrons. The molecule has 1 heterocycles. The summed E-state index contributed by atoms with van der Waals surface area (Å²) in [5, 5.41) is 0. The van der Waals surface area contributed by atoms with Crippen molar-refractivity contribution in [2.45, 2.75) is 102 Å². The van der Waals surface area contributed by atoms with E-state index in [1.165, 1.54) is 44.9 Å². The largest absolute Gasteiger partial charge is 0.341 e. The highest BCUT2D eigenvalue weighted by molar-refractivity contribution is 5.91. The third kappa shape index (κ3) is 3.19. The summed E-state index contributed by atoms with van der Waals surface area (Å²) in [5.74, 6) is 2.92. The number of likely N-dealkylation sites (N-methyl/N-ethyl adjacent to an activating group) is 1. The van der Waals surface area contributed by atoms with Gasteiger partial charge in [0.05, 0.1) is 5.41 Å². The fourth-order valence-electron chi connectivity index (χ4n) is 8.00. The minimum atomic E-state index is -0.186. The van der Waals surface area contributed by atoms with Crippen molar-refractivity contribution in [1.82, 2.24) is 9.80 Å². The van der Waals surface area contributed by atoms with Gasteiger partial charge >= 0.3 is 0 Å². The standard InChI is InChI=1S/C24H38N2O2/c1-25(20-7-4-2-3-5-8-20)22(27)21-9-6-10-26(21)23(28)24-14-17-11-18(15-24)13-19(12-17)16-24/h17-21H,2-16H2,1H3. The Balaban J connectivity index is 1.31. The lowest BCUT2D eigenvalue weighted by Crippen LogP contribution is -2.57. The van der Waals surface area contributed by atoms with Gasteiger partial charge in [-0.2, -0.15) is 0 Å². The molecular formula is C24H38N2O2. The first kappa shape index (κ1) is 18.9. The number of amides is 2. The number of nitrogens with zero attached hydrogens (tertiary/aromatic N) is 2. The lowest BCUT2D eigenvalue weighted by molar-refractivity contribution is -0.162. The van der Waals surface area contributed by atoms with Gasteiger partial charge in [-0.3, -0.25) is 9.59 Å². The number of hydrogen-bond donors (Lipinski definition) is 0. The Morgan fingerprint density at radius 3 is 1.96 bits per heavy atom. The molecule has 0 aromatic heterocycles. The first-order valence-electron chi connectivity index (χ1n) is 12.1. The van der Waals surface area contributed by atoms with Crippen LogP contribution in [-0.2, 0) is 9.59 Å². The van der Waals surface area contributed by atoms with Gasteiger partial charge in [-0.15, -0.1) is 0 Å². The van der Waals surface area contributed by atoms with Gasteiger partial charge in [0, 0.05) is 19.6 Å². The second kappa shape index (κ2) is 7.32. The molecule has 0 aromatic carbocycles. The molecule has 4 nitrogen and oxygen atoms in total. The van der Waals surface area contributed by atoms with Crippen LogP contribution in [0.5, 0.6) is 0 Å². The van der Waals surface area contributed by atoms with Gasteiger partial charge in [0.1, 0.15) is 6.04 Å². The zero-order valence-corrected chi connectivity index (χ0v) is 17.7. The number of rotatable bonds is 3. The molecule has 6 aliphatic rings. The van der Waals surface area contributed by atoms with Gasteiger partial charge in [-0.05, 0) is 82.0 Å². The van der Waals surface area contributed by atoms with Gasteiger partial charge in [0.15, 0.2) is 0 Å². The van der Waals surface area contributed by atoms with Crippen LogP contribution in [-0.4, -0.2) is 47.3 Å². The molecule has 5 saturated carbocycles. The van der Waals surface area contributed by atoms with E-state index in [4.69, 9.17) is 0 Å². The quantitative estimate of drug-likeness (QED) is 0.676. The van der Waals surface area contributed by atoms with E-state index in [0.29, 0.717) is 11.9 Å². The van der Waals surface area contributed by atoms with Crippen molar-refractivity contribution in [1.29, 1.82) is 0 Å². The monoisotopic (exact) mass is 386 g/mol. The Bertz CT molecular complexity index is 587. The Hall–Kier alpha value is -1.06. The van der Waals surface area contributed by atoms with Crippen molar-refractivity contribution >= 4 is 11.8 Å². The summed E-state index contributed by atoms with van der Waals surface area (Å²) in [6, 6.07) is 0.195. The average Bonchev–Trinajstić information content (AvgIpc) is 2.99. The molecule has 6 fully saturated rings. The topological polar surface area (TPSA) is 40.6 Å². The summed E-state index contributed by atoms with van der Waals surface area (Å²) in [4.78, 5) is 31.3. The molecule has 1 aliphatic heterocycles. The first-order valence-corrected chi connectivity index (χ1v) is 12.1. The molecule has 0 aromatic rings. The van der Waals surface area contributed by atoms with Crippen molar-refractivity contribution in [2.24, 2.45) is 23.2 Å². The summed E-state index contributed by atoms with van der Waals surface area (Å²) < 4.78 is 0. The molecular weight excluding hydrogens is 348 g/mol. The molecule has 156 valence electrons. The molecule has 28 heavy (non-hydrogen) atoms. The van der Waals surface area contributed by atoms with Crippen LogP contribution in [0.2, 0.25) is 0 Å². The Kier molecular flexibility index (Phi) is 4.95. The van der Waals surface area contributed by atoms with Crippen LogP contribution in [0.25, 0.3) is 0 Å². The van der Waals surface area contributed by atoms with Crippen LogP contribution in [0.3, 0.4) is 0 Å². The fourth-order valence-corrected chi connectivity index (χ4v) is 8.00. The van der Waals surface area contributed by atoms with E-state index in [0.717, 1.165) is 69.2 Å². The number of carbonyl (C=O) groups excluding carboxylic acids is 2. The number of carbonyl (C=O) groups is 2. The summed E-state index contributed by atoms with van der Waals surface area (Å²) >= 11 is 0. The highest BCUT2D eigenvalue weighted by Gasteiger charge is 2.57. The normalized spacial score (nSPS) is 40.5. The van der Waals surface area contributed by atoms with Gasteiger partial charge in [0.2, 0.25) is 11.8 Å². The van der Waals surface area contributed by atoms with Crippen LogP contribution in [0.1, 0.15) is 89.9 Å². The van der Waals surface area contributed by atoms with E-state index in [1.807, 2.05) is 16.8 Å². The molecule has 4 heteroatoms.